The van der Waals surface area contributed by atoms with Crippen molar-refractivity contribution in [2.24, 2.45) is 0 Å². The van der Waals surface area contributed by atoms with Crippen molar-refractivity contribution in [3.63, 3.8) is 0 Å². The highest BCUT2D eigenvalue weighted by Crippen LogP contribution is 2.31. The molecule has 0 aromatic heterocycles. The molecule has 138 valence electrons. The number of nitro benzene ring substituents is 1. The smallest absolute Gasteiger partial charge is 0.267 e. The number of hydrogen-bond acceptors (Lipinski definition) is 7. The number of nitro groups is 1. The van der Waals surface area contributed by atoms with Gasteiger partial charge >= 0.3 is 0 Å². The van der Waals surface area contributed by atoms with Gasteiger partial charge in [0.1, 0.15) is 0 Å². The first-order chi connectivity index (χ1) is 13.4. The molecule has 0 unspecified atom stereocenters. The van der Waals surface area contributed by atoms with Gasteiger partial charge in [-0.05, 0) is 48.1 Å². The summed E-state index contributed by atoms with van der Waals surface area (Å²) in [5.74, 6) is -1.11. The number of rotatable bonds is 4. The maximum absolute atomic E-state index is 12.5. The summed E-state index contributed by atoms with van der Waals surface area (Å²) >= 11 is 6.18. The van der Waals surface area contributed by atoms with Gasteiger partial charge in [0.25, 0.3) is 17.5 Å². The summed E-state index contributed by atoms with van der Waals surface area (Å²) in [5, 5.41) is 20.5. The molecule has 3 rings (SSSR count). The van der Waals surface area contributed by atoms with Crippen molar-refractivity contribution in [3.05, 3.63) is 80.2 Å². The molecule has 1 aliphatic rings. The number of hydrazine groups is 1. The first-order valence-corrected chi connectivity index (χ1v) is 8.95. The van der Waals surface area contributed by atoms with Gasteiger partial charge in [-0.3, -0.25) is 25.1 Å². The number of nitrogens with one attached hydrogen (secondary N) is 1. The van der Waals surface area contributed by atoms with Gasteiger partial charge in [0.05, 0.1) is 21.5 Å². The van der Waals surface area contributed by atoms with Crippen LogP contribution in [-0.4, -0.2) is 26.1 Å². The van der Waals surface area contributed by atoms with Crippen LogP contribution in [-0.2, 0) is 4.79 Å². The van der Waals surface area contributed by atoms with Gasteiger partial charge in [0.2, 0.25) is 0 Å². The van der Waals surface area contributed by atoms with E-state index in [1.165, 1.54) is 24.3 Å². The molecular formula is C18H10N4O4S2. The van der Waals surface area contributed by atoms with Crippen LogP contribution in [0.1, 0.15) is 21.5 Å². The predicted molar refractivity (Wildman–Crippen MR) is 107 cm³/mol. The zero-order valence-corrected chi connectivity index (χ0v) is 15.6. The minimum Gasteiger partial charge on any atom is -0.267 e. The lowest BCUT2D eigenvalue weighted by atomic mass is 10.1. The largest absolute Gasteiger partial charge is 0.285 e. The van der Waals surface area contributed by atoms with Gasteiger partial charge in [-0.25, -0.2) is 0 Å². The molecule has 0 bridgehead atoms. The number of thioether (sulfide) groups is 1. The molecule has 10 heteroatoms. The van der Waals surface area contributed by atoms with E-state index in [0.717, 1.165) is 16.8 Å². The van der Waals surface area contributed by atoms with Crippen LogP contribution in [0.15, 0.2) is 53.4 Å². The van der Waals surface area contributed by atoms with Crippen molar-refractivity contribution in [1.82, 2.24) is 10.4 Å². The topological polar surface area (TPSA) is 116 Å². The monoisotopic (exact) mass is 410 g/mol. The quantitative estimate of drug-likeness (QED) is 0.356. The molecule has 1 N–H and O–H groups in total. The van der Waals surface area contributed by atoms with E-state index in [-0.39, 0.29) is 15.6 Å². The molecule has 0 spiro atoms. The summed E-state index contributed by atoms with van der Waals surface area (Å²) in [7, 11) is 0. The first kappa shape index (κ1) is 19.2. The fourth-order valence-corrected chi connectivity index (χ4v) is 3.45. The Labute approximate surface area is 168 Å². The van der Waals surface area contributed by atoms with Gasteiger partial charge in [0.15, 0.2) is 4.32 Å². The number of thiocarbonyl (C=S) groups is 1. The Bertz CT molecular complexity index is 1060. The summed E-state index contributed by atoms with van der Waals surface area (Å²) in [4.78, 5) is 35.3. The highest BCUT2D eigenvalue weighted by Gasteiger charge is 2.33. The van der Waals surface area contributed by atoms with Crippen molar-refractivity contribution in [2.45, 2.75) is 0 Å². The van der Waals surface area contributed by atoms with Gasteiger partial charge in [0, 0.05) is 17.7 Å². The fraction of sp³-hybridized carbons (Fsp3) is 0. The van der Waals surface area contributed by atoms with Crippen LogP contribution in [0, 0.1) is 21.4 Å². The summed E-state index contributed by atoms with van der Waals surface area (Å²) in [6, 6.07) is 13.6. The van der Waals surface area contributed by atoms with E-state index in [2.05, 4.69) is 5.43 Å². The molecule has 0 saturated carbocycles. The van der Waals surface area contributed by atoms with E-state index in [4.69, 9.17) is 17.5 Å². The lowest BCUT2D eigenvalue weighted by molar-refractivity contribution is -0.384. The Morgan fingerprint density at radius 2 is 1.86 bits per heavy atom. The number of carbonyl (C=O) groups is 2. The summed E-state index contributed by atoms with van der Waals surface area (Å²) in [6.45, 7) is 0. The number of carbonyl (C=O) groups excluding carboxylic acids is 2. The molecule has 2 amide bonds. The Hall–Kier alpha value is -3.55. The molecule has 8 nitrogen and oxygen atoms in total. The third kappa shape index (κ3) is 4.06. The normalized spacial score (nSPS) is 14.8. The fourth-order valence-electron chi connectivity index (χ4n) is 2.27. The van der Waals surface area contributed by atoms with Crippen LogP contribution in [0.25, 0.3) is 6.08 Å². The molecule has 0 radical (unpaired) electrons. The van der Waals surface area contributed by atoms with Gasteiger partial charge in [-0.15, -0.1) is 0 Å². The molecule has 2 aromatic rings. The third-order valence-corrected chi connectivity index (χ3v) is 4.99. The van der Waals surface area contributed by atoms with E-state index in [1.807, 2.05) is 6.07 Å². The van der Waals surface area contributed by atoms with Crippen molar-refractivity contribution in [2.75, 3.05) is 0 Å². The number of amides is 2. The molecule has 1 fully saturated rings. The third-order valence-electron chi connectivity index (χ3n) is 3.68. The predicted octanol–water partition coefficient (Wildman–Crippen LogP) is 3.01. The Balaban J connectivity index is 1.74. The lowest BCUT2D eigenvalue weighted by Crippen LogP contribution is -2.44. The lowest BCUT2D eigenvalue weighted by Gasteiger charge is -2.15. The Morgan fingerprint density at radius 3 is 2.43 bits per heavy atom. The molecule has 0 atom stereocenters. The molecule has 1 saturated heterocycles. The number of benzene rings is 2. The second kappa shape index (κ2) is 7.99. The number of hydrogen-bond donors (Lipinski definition) is 1. The summed E-state index contributed by atoms with van der Waals surface area (Å²) in [6.07, 6.45) is 1.61. The van der Waals surface area contributed by atoms with Crippen LogP contribution in [0.5, 0.6) is 0 Å². The van der Waals surface area contributed by atoms with E-state index in [9.17, 15) is 19.7 Å². The van der Waals surface area contributed by atoms with E-state index >= 15 is 0 Å². The van der Waals surface area contributed by atoms with Gasteiger partial charge in [-0.1, -0.05) is 23.9 Å². The van der Waals surface area contributed by atoms with Gasteiger partial charge in [-0.2, -0.15) is 10.3 Å². The molecule has 28 heavy (non-hydrogen) atoms. The maximum Gasteiger partial charge on any atom is 0.285 e. The molecule has 0 aliphatic carbocycles. The van der Waals surface area contributed by atoms with Crippen LogP contribution in [0.4, 0.5) is 5.69 Å². The van der Waals surface area contributed by atoms with Crippen LogP contribution < -0.4 is 5.43 Å². The molecule has 2 aromatic carbocycles. The van der Waals surface area contributed by atoms with Crippen LogP contribution in [0.3, 0.4) is 0 Å². The summed E-state index contributed by atoms with van der Waals surface area (Å²) < 4.78 is 0.153. The standard InChI is InChI=1S/C18H10N4O4S2/c19-10-12-3-1-11(2-4-12)9-15-17(24)21(18(27)28-15)20-16(23)13-5-7-14(8-6-13)22(25)26/h1-9H,(H,20,23)/b15-9+. The zero-order valence-electron chi connectivity index (χ0n) is 14.0. The number of nitrogens with zero attached hydrogens (tertiary/aromatic N) is 3. The van der Waals surface area contributed by atoms with Crippen LogP contribution in [0.2, 0.25) is 0 Å². The first-order valence-electron chi connectivity index (χ1n) is 7.72. The average Bonchev–Trinajstić information content (AvgIpc) is 2.96. The maximum atomic E-state index is 12.5. The minimum absolute atomic E-state index is 0.146. The van der Waals surface area contributed by atoms with Crippen LogP contribution >= 0.6 is 24.0 Å². The van der Waals surface area contributed by atoms with E-state index < -0.39 is 16.7 Å². The second-order valence-electron chi connectivity index (χ2n) is 5.50. The van der Waals surface area contributed by atoms with Crippen molar-refractivity contribution in [1.29, 1.82) is 5.26 Å². The van der Waals surface area contributed by atoms with Crippen molar-refractivity contribution in [3.8, 4) is 6.07 Å². The molecular weight excluding hydrogens is 400 g/mol. The molecule has 1 aliphatic heterocycles. The summed E-state index contributed by atoms with van der Waals surface area (Å²) in [5.41, 5.74) is 3.62. The Morgan fingerprint density at radius 1 is 1.21 bits per heavy atom. The minimum atomic E-state index is -0.620. The highest BCUT2D eigenvalue weighted by atomic mass is 32.2. The number of non-ortho nitro benzene ring substituents is 1. The second-order valence-corrected chi connectivity index (χ2v) is 7.17. The zero-order chi connectivity index (χ0) is 20.3. The van der Waals surface area contributed by atoms with E-state index in [1.54, 1.807) is 30.3 Å². The van der Waals surface area contributed by atoms with Crippen molar-refractivity contribution >= 4 is 51.9 Å². The average molecular weight is 410 g/mol. The highest BCUT2D eigenvalue weighted by molar-refractivity contribution is 8.26. The number of nitriles is 1. The SMILES string of the molecule is N#Cc1ccc(/C=C2/SC(=S)N(NC(=O)c3ccc([N+](=O)[O-])cc3)C2=O)cc1. The molecule has 1 heterocycles. The van der Waals surface area contributed by atoms with E-state index in [0.29, 0.717) is 16.0 Å². The van der Waals surface area contributed by atoms with Gasteiger partial charge < -0.3 is 0 Å². The Kier molecular flexibility index (Phi) is 5.49. The van der Waals surface area contributed by atoms with Crippen molar-refractivity contribution < 1.29 is 14.5 Å².